The number of carboxylic acid groups (broad SMARTS) is 2. The first kappa shape index (κ1) is 33.8. The number of guanidine groups is 2. The predicted octanol–water partition coefficient (Wildman–Crippen LogP) is -5.18. The Morgan fingerprint density at radius 3 is 1.55 bits per heavy atom. The minimum Gasteiger partial charge on any atom is -0.481 e. The van der Waals surface area contributed by atoms with Crippen molar-refractivity contribution in [1.82, 2.24) is 16.0 Å². The Balaban J connectivity index is 5.75. The molecule has 0 aliphatic rings. The largest absolute Gasteiger partial charge is 0.481 e. The number of hydrogen-bond acceptors (Lipinski definition) is 9. The van der Waals surface area contributed by atoms with Crippen LogP contribution in [0.15, 0.2) is 9.98 Å². The van der Waals surface area contributed by atoms with Crippen molar-refractivity contribution in [3.05, 3.63) is 0 Å². The zero-order valence-corrected chi connectivity index (χ0v) is 21.0. The Morgan fingerprint density at radius 1 is 0.763 bits per heavy atom. The number of aliphatic imine (C=N–C) groups is 2. The van der Waals surface area contributed by atoms with Crippen molar-refractivity contribution in [2.45, 2.75) is 69.3 Å². The van der Waals surface area contributed by atoms with Crippen LogP contribution in [0.5, 0.6) is 0 Å². The van der Waals surface area contributed by atoms with Gasteiger partial charge in [0.25, 0.3) is 0 Å². The van der Waals surface area contributed by atoms with Crippen LogP contribution in [0, 0.1) is 0 Å². The molecule has 18 nitrogen and oxygen atoms in total. The summed E-state index contributed by atoms with van der Waals surface area (Å²) in [4.78, 5) is 68.1. The fraction of sp³-hybridized carbons (Fsp3) is 0.650. The molecule has 3 amide bonds. The summed E-state index contributed by atoms with van der Waals surface area (Å²) in [5.74, 6) is -5.93. The third-order valence-electron chi connectivity index (χ3n) is 4.93. The molecule has 18 heteroatoms. The molecule has 16 N–H and O–H groups in total. The maximum atomic E-state index is 13.1. The van der Waals surface area contributed by atoms with E-state index in [9.17, 15) is 34.2 Å². The summed E-state index contributed by atoms with van der Waals surface area (Å²) in [5.41, 5.74) is 26.7. The van der Waals surface area contributed by atoms with E-state index in [4.69, 9.17) is 33.8 Å². The number of aliphatic hydroxyl groups excluding tert-OH is 1. The van der Waals surface area contributed by atoms with Gasteiger partial charge in [0.05, 0.1) is 18.6 Å². The van der Waals surface area contributed by atoms with Gasteiger partial charge in [-0.1, -0.05) is 0 Å². The zero-order valence-electron chi connectivity index (χ0n) is 21.0. The number of aliphatic hydroxyl groups is 1. The highest BCUT2D eigenvalue weighted by Gasteiger charge is 2.31. The molecule has 0 heterocycles. The van der Waals surface area contributed by atoms with E-state index >= 15 is 0 Å². The number of aliphatic carboxylic acids is 2. The molecule has 0 aromatic heterocycles. The molecule has 0 aromatic carbocycles. The van der Waals surface area contributed by atoms with Gasteiger partial charge in [0, 0.05) is 13.1 Å². The van der Waals surface area contributed by atoms with Crippen LogP contribution in [0.3, 0.4) is 0 Å². The summed E-state index contributed by atoms with van der Waals surface area (Å²) in [6, 6.07) is -5.72. The van der Waals surface area contributed by atoms with Gasteiger partial charge in [0.15, 0.2) is 18.0 Å². The summed E-state index contributed by atoms with van der Waals surface area (Å²) in [7, 11) is 0. The van der Waals surface area contributed by atoms with Crippen molar-refractivity contribution in [3.8, 4) is 0 Å². The van der Waals surface area contributed by atoms with Gasteiger partial charge < -0.3 is 59.9 Å². The Morgan fingerprint density at radius 2 is 1.18 bits per heavy atom. The lowest BCUT2D eigenvalue weighted by Crippen LogP contribution is -2.58. The number of nitrogens with zero attached hydrogens (tertiary/aromatic N) is 2. The third kappa shape index (κ3) is 14.4. The Hall–Kier alpha value is -4.19. The maximum Gasteiger partial charge on any atom is 0.328 e. The van der Waals surface area contributed by atoms with E-state index in [0.29, 0.717) is 0 Å². The van der Waals surface area contributed by atoms with E-state index < -0.39 is 66.4 Å². The highest BCUT2D eigenvalue weighted by atomic mass is 16.4. The molecule has 0 rings (SSSR count). The first-order valence-corrected chi connectivity index (χ1v) is 11.6. The van der Waals surface area contributed by atoms with Crippen LogP contribution in [-0.2, 0) is 24.0 Å². The number of hydrogen-bond donors (Lipinski definition) is 11. The molecule has 0 aliphatic heterocycles. The molecule has 5 unspecified atom stereocenters. The number of amides is 3. The van der Waals surface area contributed by atoms with Crippen LogP contribution in [0.2, 0.25) is 0 Å². The van der Waals surface area contributed by atoms with Crippen molar-refractivity contribution in [3.63, 3.8) is 0 Å². The minimum atomic E-state index is -1.66. The van der Waals surface area contributed by atoms with Crippen molar-refractivity contribution in [1.29, 1.82) is 0 Å². The number of carbonyl (C=O) groups excluding carboxylic acids is 3. The van der Waals surface area contributed by atoms with E-state index in [2.05, 4.69) is 25.9 Å². The number of nitrogens with one attached hydrogen (secondary N) is 3. The predicted molar refractivity (Wildman–Crippen MR) is 135 cm³/mol. The summed E-state index contributed by atoms with van der Waals surface area (Å²) in [6.45, 7) is 1.34. The van der Waals surface area contributed by atoms with Crippen LogP contribution in [0.4, 0.5) is 0 Å². The molecule has 0 saturated carbocycles. The van der Waals surface area contributed by atoms with E-state index in [1.54, 1.807) is 0 Å². The second kappa shape index (κ2) is 17.3. The van der Waals surface area contributed by atoms with E-state index in [-0.39, 0.29) is 50.7 Å². The topological polar surface area (TPSA) is 337 Å². The Labute approximate surface area is 218 Å². The van der Waals surface area contributed by atoms with Crippen LogP contribution in [-0.4, -0.2) is 100 Å². The lowest BCUT2D eigenvalue weighted by Gasteiger charge is -2.25. The van der Waals surface area contributed by atoms with E-state index in [0.717, 1.165) is 6.92 Å². The number of rotatable bonds is 18. The summed E-state index contributed by atoms with van der Waals surface area (Å²) < 4.78 is 0. The van der Waals surface area contributed by atoms with Gasteiger partial charge in [0.2, 0.25) is 17.7 Å². The maximum absolute atomic E-state index is 13.1. The number of carbonyl (C=O) groups is 5. The van der Waals surface area contributed by atoms with Gasteiger partial charge in [0.1, 0.15) is 12.1 Å². The fourth-order valence-electron chi connectivity index (χ4n) is 3.02. The van der Waals surface area contributed by atoms with Gasteiger partial charge in [-0.2, -0.15) is 0 Å². The molecular formula is C20H38N10O8. The SMILES string of the molecule is CC(O)C(NC(=O)C(CCCN=C(N)N)NC(=O)C(CCCN=C(N)N)NC(=O)C(N)CC(=O)O)C(=O)O. The van der Waals surface area contributed by atoms with Crippen LogP contribution >= 0.6 is 0 Å². The zero-order chi connectivity index (χ0) is 29.4. The first-order valence-electron chi connectivity index (χ1n) is 11.6. The molecular weight excluding hydrogens is 508 g/mol. The highest BCUT2D eigenvalue weighted by Crippen LogP contribution is 2.06. The molecule has 38 heavy (non-hydrogen) atoms. The van der Waals surface area contributed by atoms with Crippen molar-refractivity contribution in [2.75, 3.05) is 13.1 Å². The van der Waals surface area contributed by atoms with E-state index in [1.165, 1.54) is 0 Å². The van der Waals surface area contributed by atoms with Crippen LogP contribution in [0.25, 0.3) is 0 Å². The normalized spacial score (nSPS) is 14.5. The smallest absolute Gasteiger partial charge is 0.328 e. The number of nitrogens with two attached hydrogens (primary N) is 5. The molecule has 0 spiro atoms. The second-order valence-corrected chi connectivity index (χ2v) is 8.29. The number of carboxylic acids is 2. The Bertz CT molecular complexity index is 887. The van der Waals surface area contributed by atoms with Gasteiger partial charge in [-0.15, -0.1) is 0 Å². The van der Waals surface area contributed by atoms with Crippen LogP contribution in [0.1, 0.15) is 39.0 Å². The van der Waals surface area contributed by atoms with Gasteiger partial charge in [-0.3, -0.25) is 29.2 Å². The average Bonchev–Trinajstić information content (AvgIpc) is 2.79. The molecule has 0 radical (unpaired) electrons. The Kier molecular flexibility index (Phi) is 15.4. The molecule has 0 saturated heterocycles. The molecule has 0 bridgehead atoms. The molecule has 5 atom stereocenters. The summed E-state index contributed by atoms with van der Waals surface area (Å²) >= 11 is 0. The second-order valence-electron chi connectivity index (χ2n) is 8.29. The summed E-state index contributed by atoms with van der Waals surface area (Å²) in [5, 5.41) is 34.7. The van der Waals surface area contributed by atoms with Crippen molar-refractivity contribution < 1.29 is 39.3 Å². The van der Waals surface area contributed by atoms with Crippen LogP contribution < -0.4 is 44.6 Å². The van der Waals surface area contributed by atoms with Gasteiger partial charge in [-0.05, 0) is 32.6 Å². The standard InChI is InChI=1S/C20H38N10O8/c1-9(31)14(18(37)38)30-17(36)12(5-3-7-27-20(24)25)29-16(35)11(4-2-6-26-19(22)23)28-15(34)10(21)8-13(32)33/h9-12,14,31H,2-8,21H2,1H3,(H,28,34)(H,29,35)(H,30,36)(H,32,33)(H,37,38)(H4,22,23,26)(H4,24,25,27). The lowest BCUT2D eigenvalue weighted by molar-refractivity contribution is -0.145. The fourth-order valence-corrected chi connectivity index (χ4v) is 3.02. The summed E-state index contributed by atoms with van der Waals surface area (Å²) in [6.07, 6.45) is -1.83. The molecule has 216 valence electrons. The van der Waals surface area contributed by atoms with Gasteiger partial charge in [-0.25, -0.2) is 4.79 Å². The quantitative estimate of drug-likeness (QED) is 0.0435. The molecule has 0 aliphatic carbocycles. The van der Waals surface area contributed by atoms with Crippen molar-refractivity contribution >= 4 is 41.6 Å². The molecule has 0 fully saturated rings. The lowest BCUT2D eigenvalue weighted by atomic mass is 10.1. The third-order valence-corrected chi connectivity index (χ3v) is 4.93. The average molecular weight is 547 g/mol. The minimum absolute atomic E-state index is 0.0259. The monoisotopic (exact) mass is 546 g/mol. The molecule has 0 aromatic rings. The van der Waals surface area contributed by atoms with Gasteiger partial charge >= 0.3 is 11.9 Å². The van der Waals surface area contributed by atoms with Crippen molar-refractivity contribution in [2.24, 2.45) is 38.7 Å². The first-order chi connectivity index (χ1) is 17.6. The van der Waals surface area contributed by atoms with E-state index in [1.807, 2.05) is 0 Å². The highest BCUT2D eigenvalue weighted by molar-refractivity contribution is 5.94.